The van der Waals surface area contributed by atoms with Crippen LogP contribution in [-0.4, -0.2) is 41.8 Å². The molecular formula is C17H17N3O4S. The predicted octanol–water partition coefficient (Wildman–Crippen LogP) is 1.24. The van der Waals surface area contributed by atoms with Crippen molar-refractivity contribution in [1.29, 1.82) is 0 Å². The number of carbonyl (C=O) groups excluding carboxylic acids is 1. The van der Waals surface area contributed by atoms with Gasteiger partial charge in [-0.15, -0.1) is 0 Å². The zero-order valence-corrected chi connectivity index (χ0v) is 14.3. The molecule has 3 rings (SSSR count). The van der Waals surface area contributed by atoms with Gasteiger partial charge in [0.05, 0.1) is 39.9 Å². The molecule has 3 N–H and O–H groups in total. The molecule has 0 fully saturated rings. The Labute approximate surface area is 146 Å². The molecule has 2 heterocycles. The summed E-state index contributed by atoms with van der Waals surface area (Å²) in [6.45, 7) is 0.904. The Morgan fingerprint density at radius 2 is 2.12 bits per heavy atom. The highest BCUT2D eigenvalue weighted by molar-refractivity contribution is 7.84. The summed E-state index contributed by atoms with van der Waals surface area (Å²) in [5, 5.41) is 18.8. The van der Waals surface area contributed by atoms with E-state index in [4.69, 9.17) is 5.11 Å². The molecule has 1 atom stereocenters. The number of rotatable bonds is 6. The Kier molecular flexibility index (Phi) is 5.03. The molecule has 25 heavy (non-hydrogen) atoms. The Morgan fingerprint density at radius 3 is 2.80 bits per heavy atom. The van der Waals surface area contributed by atoms with Crippen LogP contribution in [0.1, 0.15) is 27.2 Å². The van der Waals surface area contributed by atoms with Gasteiger partial charge in [0, 0.05) is 11.8 Å². The standard InChI is InChI=1S/C17H17N3O4S/c1-10-3-2-4-18-15(10)9-25(24)17-19-13-5-11(7-21)12(16(23)8-22)6-14(13)20-17/h2-6,21-22H,7-9H2,1H3,(H,19,20). The molecule has 1 aromatic carbocycles. The zero-order valence-electron chi connectivity index (χ0n) is 13.5. The van der Waals surface area contributed by atoms with Crippen molar-refractivity contribution >= 4 is 27.6 Å². The molecule has 0 amide bonds. The number of aliphatic hydroxyl groups is 2. The van der Waals surface area contributed by atoms with Crippen molar-refractivity contribution in [3.63, 3.8) is 0 Å². The van der Waals surface area contributed by atoms with Crippen LogP contribution in [0.15, 0.2) is 35.6 Å². The minimum absolute atomic E-state index is 0.210. The first-order chi connectivity index (χ1) is 12.0. The summed E-state index contributed by atoms with van der Waals surface area (Å²) in [5.41, 5.74) is 3.29. The van der Waals surface area contributed by atoms with Crippen molar-refractivity contribution in [3.05, 3.63) is 52.8 Å². The van der Waals surface area contributed by atoms with Gasteiger partial charge >= 0.3 is 0 Å². The fourth-order valence-corrected chi connectivity index (χ4v) is 3.63. The Morgan fingerprint density at radius 1 is 1.32 bits per heavy atom. The lowest BCUT2D eigenvalue weighted by Gasteiger charge is -2.04. The number of ketones is 1. The van der Waals surface area contributed by atoms with Gasteiger partial charge in [-0.2, -0.15) is 0 Å². The number of hydrogen-bond donors (Lipinski definition) is 3. The SMILES string of the molecule is Cc1cccnc1CS(=O)c1nc2cc(C(=O)CO)c(CO)cc2[nH]1. The molecule has 0 saturated heterocycles. The van der Waals surface area contributed by atoms with E-state index in [2.05, 4.69) is 15.0 Å². The van der Waals surface area contributed by atoms with Crippen molar-refractivity contribution in [2.75, 3.05) is 6.61 Å². The number of carbonyl (C=O) groups is 1. The fraction of sp³-hybridized carbons (Fsp3) is 0.235. The Hall–Kier alpha value is -2.42. The Bertz CT molecular complexity index is 968. The molecule has 2 aromatic heterocycles. The minimum Gasteiger partial charge on any atom is -0.392 e. The highest BCUT2D eigenvalue weighted by Gasteiger charge is 2.17. The van der Waals surface area contributed by atoms with Gasteiger partial charge < -0.3 is 15.2 Å². The van der Waals surface area contributed by atoms with Gasteiger partial charge in [-0.25, -0.2) is 4.98 Å². The second kappa shape index (κ2) is 7.22. The number of aromatic amines is 1. The summed E-state index contributed by atoms with van der Waals surface area (Å²) in [7, 11) is -1.43. The third-order valence-electron chi connectivity index (χ3n) is 3.90. The minimum atomic E-state index is -1.43. The van der Waals surface area contributed by atoms with Gasteiger partial charge in [0.2, 0.25) is 0 Å². The van der Waals surface area contributed by atoms with Gasteiger partial charge in [-0.3, -0.25) is 14.0 Å². The number of hydrogen-bond acceptors (Lipinski definition) is 6. The van der Waals surface area contributed by atoms with Crippen molar-refractivity contribution in [1.82, 2.24) is 15.0 Å². The molecular weight excluding hydrogens is 342 g/mol. The van der Waals surface area contributed by atoms with E-state index in [1.54, 1.807) is 12.3 Å². The molecule has 0 bridgehead atoms. The summed E-state index contributed by atoms with van der Waals surface area (Å²) in [6, 6.07) is 6.79. The van der Waals surface area contributed by atoms with E-state index < -0.39 is 23.2 Å². The van der Waals surface area contributed by atoms with Crippen molar-refractivity contribution < 1.29 is 19.2 Å². The van der Waals surface area contributed by atoms with Crippen LogP contribution < -0.4 is 0 Å². The quantitative estimate of drug-likeness (QED) is 0.570. The molecule has 0 aliphatic carbocycles. The first kappa shape index (κ1) is 17.4. The maximum Gasteiger partial charge on any atom is 0.197 e. The lowest BCUT2D eigenvalue weighted by molar-refractivity contribution is 0.0901. The number of aryl methyl sites for hydroxylation is 1. The maximum absolute atomic E-state index is 12.6. The third kappa shape index (κ3) is 3.51. The monoisotopic (exact) mass is 359 g/mol. The molecule has 130 valence electrons. The first-order valence-electron chi connectivity index (χ1n) is 7.60. The van der Waals surface area contributed by atoms with Crippen molar-refractivity contribution in [2.45, 2.75) is 24.4 Å². The van der Waals surface area contributed by atoms with Crippen LogP contribution in [0, 0.1) is 6.92 Å². The maximum atomic E-state index is 12.6. The van der Waals surface area contributed by atoms with Gasteiger partial charge in [0.25, 0.3) is 0 Å². The van der Waals surface area contributed by atoms with E-state index in [1.807, 2.05) is 19.1 Å². The summed E-state index contributed by atoms with van der Waals surface area (Å²) < 4.78 is 12.6. The predicted molar refractivity (Wildman–Crippen MR) is 92.5 cm³/mol. The topological polar surface area (TPSA) is 116 Å². The summed E-state index contributed by atoms with van der Waals surface area (Å²) in [4.78, 5) is 23.3. The summed E-state index contributed by atoms with van der Waals surface area (Å²) in [6.07, 6.45) is 1.65. The molecule has 1 unspecified atom stereocenters. The highest BCUT2D eigenvalue weighted by Crippen LogP contribution is 2.21. The van der Waals surface area contributed by atoms with Gasteiger partial charge in [0.15, 0.2) is 10.9 Å². The van der Waals surface area contributed by atoms with Gasteiger partial charge in [0.1, 0.15) is 6.61 Å². The number of aromatic nitrogens is 3. The van der Waals surface area contributed by atoms with Gasteiger partial charge in [-0.05, 0) is 36.2 Å². The van der Waals surface area contributed by atoms with Crippen LogP contribution in [0.3, 0.4) is 0 Å². The van der Waals surface area contributed by atoms with Crippen molar-refractivity contribution in [3.8, 4) is 0 Å². The fourth-order valence-electron chi connectivity index (χ4n) is 2.52. The van der Waals surface area contributed by atoms with E-state index in [9.17, 15) is 14.1 Å². The molecule has 3 aromatic rings. The Balaban J connectivity index is 1.96. The number of pyridine rings is 1. The zero-order chi connectivity index (χ0) is 18.0. The molecule has 0 aliphatic heterocycles. The molecule has 0 radical (unpaired) electrons. The van der Waals surface area contributed by atoms with Crippen LogP contribution in [-0.2, 0) is 23.2 Å². The van der Waals surface area contributed by atoms with Crippen LogP contribution in [0.5, 0.6) is 0 Å². The summed E-state index contributed by atoms with van der Waals surface area (Å²) >= 11 is 0. The number of aliphatic hydroxyl groups excluding tert-OH is 2. The lowest BCUT2D eigenvalue weighted by atomic mass is 10.0. The second-order valence-corrected chi connectivity index (χ2v) is 6.93. The van der Waals surface area contributed by atoms with Crippen LogP contribution >= 0.6 is 0 Å². The van der Waals surface area contributed by atoms with Crippen LogP contribution in [0.2, 0.25) is 0 Å². The number of H-pyrrole nitrogens is 1. The molecule has 0 saturated carbocycles. The smallest absolute Gasteiger partial charge is 0.197 e. The van der Waals surface area contributed by atoms with E-state index in [1.165, 1.54) is 6.07 Å². The molecule has 0 spiro atoms. The number of benzene rings is 1. The molecule has 7 nitrogen and oxygen atoms in total. The second-order valence-electron chi connectivity index (χ2n) is 5.56. The van der Waals surface area contributed by atoms with Gasteiger partial charge in [-0.1, -0.05) is 6.07 Å². The van der Waals surface area contributed by atoms with E-state index in [0.717, 1.165) is 11.3 Å². The highest BCUT2D eigenvalue weighted by atomic mass is 32.2. The van der Waals surface area contributed by atoms with Crippen molar-refractivity contribution in [2.24, 2.45) is 0 Å². The molecule has 8 heteroatoms. The van der Waals surface area contributed by atoms with E-state index in [-0.39, 0.29) is 23.1 Å². The average molecular weight is 359 g/mol. The largest absolute Gasteiger partial charge is 0.392 e. The normalized spacial score (nSPS) is 12.4. The van der Waals surface area contributed by atoms with E-state index >= 15 is 0 Å². The number of nitrogens with one attached hydrogen (secondary N) is 1. The molecule has 0 aliphatic rings. The third-order valence-corrected chi connectivity index (χ3v) is 5.06. The van der Waals surface area contributed by atoms with Crippen LogP contribution in [0.25, 0.3) is 11.0 Å². The number of imidazole rings is 1. The van der Waals surface area contributed by atoms with Crippen LogP contribution in [0.4, 0.5) is 0 Å². The number of nitrogens with zero attached hydrogens (tertiary/aromatic N) is 2. The van der Waals surface area contributed by atoms with E-state index in [0.29, 0.717) is 16.6 Å². The summed E-state index contributed by atoms with van der Waals surface area (Å²) in [5.74, 6) is -0.275. The first-order valence-corrected chi connectivity index (χ1v) is 8.91. The lowest BCUT2D eigenvalue weighted by Crippen LogP contribution is -2.08. The number of Topliss-reactive ketones (excluding diaryl/α,β-unsaturated/α-hetero) is 1. The number of fused-ring (bicyclic) bond motifs is 1. The average Bonchev–Trinajstić information content (AvgIpc) is 3.04.